The molecule has 2 aromatic carbocycles. The van der Waals surface area contributed by atoms with Crippen molar-refractivity contribution in [2.45, 2.75) is 40.5 Å². The van der Waals surface area contributed by atoms with Crippen LogP contribution in [0.3, 0.4) is 0 Å². The first kappa shape index (κ1) is 14.5. The summed E-state index contributed by atoms with van der Waals surface area (Å²) >= 11 is 0. The molecule has 2 aromatic rings. The molecule has 0 heteroatoms. The minimum Gasteiger partial charge on any atom is -0.0683 e. The highest BCUT2D eigenvalue weighted by Gasteiger charge is 2.06. The average Bonchev–Trinajstić information content (AvgIpc) is 2.42. The van der Waals surface area contributed by atoms with Crippen LogP contribution in [0, 0.1) is 6.92 Å². The highest BCUT2D eigenvalue weighted by Crippen LogP contribution is 2.28. The van der Waals surface area contributed by atoms with Gasteiger partial charge in [0.15, 0.2) is 0 Å². The third kappa shape index (κ3) is 3.46. The molecule has 0 amide bonds. The molecule has 0 atom stereocenters. The summed E-state index contributed by atoms with van der Waals surface area (Å²) in [6.45, 7) is 10.6. The molecule has 0 fully saturated rings. The lowest BCUT2D eigenvalue weighted by Crippen LogP contribution is -1.91. The van der Waals surface area contributed by atoms with Crippen LogP contribution < -0.4 is 0 Å². The number of aryl methyl sites for hydroxylation is 1. The number of rotatable bonds is 2. The first-order chi connectivity index (χ1) is 8.68. The second kappa shape index (κ2) is 7.00. The maximum Gasteiger partial charge on any atom is -0.0149 e. The monoisotopic (exact) mass is 240 g/mol. The van der Waals surface area contributed by atoms with Crippen LogP contribution in [-0.2, 0) is 0 Å². The number of benzene rings is 2. The van der Waals surface area contributed by atoms with E-state index in [1.54, 1.807) is 0 Å². The van der Waals surface area contributed by atoms with Crippen molar-refractivity contribution in [3.05, 3.63) is 59.7 Å². The summed E-state index contributed by atoms with van der Waals surface area (Å²) in [6, 6.07) is 17.4. The fourth-order valence-corrected chi connectivity index (χ4v) is 2.00. The Bertz CT molecular complexity index is 464. The van der Waals surface area contributed by atoms with Crippen molar-refractivity contribution in [1.29, 1.82) is 0 Å². The van der Waals surface area contributed by atoms with Gasteiger partial charge in [-0.05, 0) is 29.5 Å². The molecule has 96 valence electrons. The van der Waals surface area contributed by atoms with Gasteiger partial charge in [-0.15, -0.1) is 0 Å². The van der Waals surface area contributed by atoms with Crippen molar-refractivity contribution in [2.24, 2.45) is 0 Å². The zero-order valence-electron chi connectivity index (χ0n) is 12.2. The predicted molar refractivity (Wildman–Crippen MR) is 82.1 cm³/mol. The van der Waals surface area contributed by atoms with E-state index in [9.17, 15) is 0 Å². The van der Waals surface area contributed by atoms with Crippen molar-refractivity contribution in [3.8, 4) is 11.1 Å². The van der Waals surface area contributed by atoms with Crippen molar-refractivity contribution < 1.29 is 0 Å². The van der Waals surface area contributed by atoms with Crippen LogP contribution >= 0.6 is 0 Å². The normalized spacial score (nSPS) is 9.89. The minimum atomic E-state index is 0.567. The van der Waals surface area contributed by atoms with Gasteiger partial charge in [0.2, 0.25) is 0 Å². The predicted octanol–water partition coefficient (Wildman–Crippen LogP) is 5.81. The second-order valence-corrected chi connectivity index (χ2v) is 4.61. The third-order valence-electron chi connectivity index (χ3n) is 2.95. The maximum absolute atomic E-state index is 2.24. The van der Waals surface area contributed by atoms with Gasteiger partial charge in [0.05, 0.1) is 0 Å². The molecule has 0 nitrogen and oxygen atoms in total. The van der Waals surface area contributed by atoms with Gasteiger partial charge >= 0.3 is 0 Å². The topological polar surface area (TPSA) is 0 Å². The van der Waals surface area contributed by atoms with Gasteiger partial charge in [-0.3, -0.25) is 0 Å². The van der Waals surface area contributed by atoms with Crippen molar-refractivity contribution >= 4 is 0 Å². The summed E-state index contributed by atoms with van der Waals surface area (Å²) in [6.07, 6.45) is 0. The second-order valence-electron chi connectivity index (χ2n) is 4.61. The fraction of sp³-hybridized carbons (Fsp3) is 0.333. The van der Waals surface area contributed by atoms with Gasteiger partial charge in [-0.2, -0.15) is 0 Å². The Kier molecular flexibility index (Phi) is 5.64. The molecule has 0 radical (unpaired) electrons. The fourth-order valence-electron chi connectivity index (χ4n) is 2.00. The Morgan fingerprint density at radius 3 is 1.89 bits per heavy atom. The first-order valence-electron chi connectivity index (χ1n) is 6.84. The Labute approximate surface area is 112 Å². The van der Waals surface area contributed by atoms with Crippen molar-refractivity contribution in [3.63, 3.8) is 0 Å². The molecule has 0 aromatic heterocycles. The molecule has 0 saturated carbocycles. The van der Waals surface area contributed by atoms with E-state index >= 15 is 0 Å². The summed E-state index contributed by atoms with van der Waals surface area (Å²) in [5.74, 6) is 0.567. The molecule has 0 spiro atoms. The minimum absolute atomic E-state index is 0.567. The van der Waals surface area contributed by atoms with Crippen molar-refractivity contribution in [1.82, 2.24) is 0 Å². The van der Waals surface area contributed by atoms with Gasteiger partial charge in [0.25, 0.3) is 0 Å². The molecule has 2 rings (SSSR count). The van der Waals surface area contributed by atoms with Gasteiger partial charge < -0.3 is 0 Å². The van der Waals surface area contributed by atoms with Crippen LogP contribution in [0.1, 0.15) is 44.7 Å². The van der Waals surface area contributed by atoms with E-state index in [2.05, 4.69) is 69.3 Å². The van der Waals surface area contributed by atoms with E-state index in [0.29, 0.717) is 5.92 Å². The summed E-state index contributed by atoms with van der Waals surface area (Å²) in [7, 11) is 0. The Hall–Kier alpha value is -1.56. The molecule has 0 aliphatic heterocycles. The van der Waals surface area contributed by atoms with Crippen LogP contribution in [0.4, 0.5) is 0 Å². The zero-order valence-corrected chi connectivity index (χ0v) is 12.2. The third-order valence-corrected chi connectivity index (χ3v) is 2.95. The van der Waals surface area contributed by atoms with E-state index < -0.39 is 0 Å². The Balaban J connectivity index is 0.000000771. The smallest absolute Gasteiger partial charge is 0.0149 e. The number of hydrogen-bond acceptors (Lipinski definition) is 0. The standard InChI is InChI=1S/C16H18.C2H6/c1-12(2)15-6-4-5-7-16(15)14-10-8-13(3)9-11-14;1-2/h4-12H,1-3H3;1-2H3. The van der Waals surface area contributed by atoms with Crippen LogP contribution in [0.25, 0.3) is 11.1 Å². The lowest BCUT2D eigenvalue weighted by Gasteiger charge is -2.12. The van der Waals surface area contributed by atoms with E-state index in [4.69, 9.17) is 0 Å². The van der Waals surface area contributed by atoms with E-state index in [-0.39, 0.29) is 0 Å². The van der Waals surface area contributed by atoms with Crippen LogP contribution in [0.5, 0.6) is 0 Å². The van der Waals surface area contributed by atoms with Crippen LogP contribution in [-0.4, -0.2) is 0 Å². The lowest BCUT2D eigenvalue weighted by molar-refractivity contribution is 0.869. The van der Waals surface area contributed by atoms with Gasteiger partial charge in [-0.1, -0.05) is 81.8 Å². The summed E-state index contributed by atoms with van der Waals surface area (Å²) in [5.41, 5.74) is 5.41. The van der Waals surface area contributed by atoms with Crippen molar-refractivity contribution in [2.75, 3.05) is 0 Å². The van der Waals surface area contributed by atoms with Crippen LogP contribution in [0.2, 0.25) is 0 Å². The van der Waals surface area contributed by atoms with Gasteiger partial charge in [-0.25, -0.2) is 0 Å². The summed E-state index contributed by atoms with van der Waals surface area (Å²) in [4.78, 5) is 0. The van der Waals surface area contributed by atoms with E-state index in [0.717, 1.165) is 0 Å². The highest BCUT2D eigenvalue weighted by atomic mass is 14.1. The number of hydrogen-bond donors (Lipinski definition) is 0. The average molecular weight is 240 g/mol. The summed E-state index contributed by atoms with van der Waals surface area (Å²) in [5, 5.41) is 0. The SMILES string of the molecule is CC.Cc1ccc(-c2ccccc2C(C)C)cc1. The lowest BCUT2D eigenvalue weighted by atomic mass is 9.92. The van der Waals surface area contributed by atoms with E-state index in [1.807, 2.05) is 13.8 Å². The molecular formula is C18H24. The maximum atomic E-state index is 2.24. The Morgan fingerprint density at radius 1 is 0.778 bits per heavy atom. The zero-order chi connectivity index (χ0) is 13.5. The largest absolute Gasteiger partial charge is 0.0683 e. The molecule has 18 heavy (non-hydrogen) atoms. The van der Waals surface area contributed by atoms with Gasteiger partial charge in [0.1, 0.15) is 0 Å². The quantitative estimate of drug-likeness (QED) is 0.621. The molecule has 0 heterocycles. The molecular weight excluding hydrogens is 216 g/mol. The molecule has 0 aliphatic rings. The molecule has 0 unspecified atom stereocenters. The summed E-state index contributed by atoms with van der Waals surface area (Å²) < 4.78 is 0. The molecule has 0 N–H and O–H groups in total. The molecule has 0 saturated heterocycles. The van der Waals surface area contributed by atoms with Gasteiger partial charge in [0, 0.05) is 0 Å². The first-order valence-corrected chi connectivity index (χ1v) is 6.84. The van der Waals surface area contributed by atoms with E-state index in [1.165, 1.54) is 22.3 Å². The van der Waals surface area contributed by atoms with Crippen LogP contribution in [0.15, 0.2) is 48.5 Å². The molecule has 0 bridgehead atoms. The highest BCUT2D eigenvalue weighted by molar-refractivity contribution is 5.68. The Morgan fingerprint density at radius 2 is 1.33 bits per heavy atom. The molecule has 0 aliphatic carbocycles.